The molecule has 0 saturated heterocycles. The van der Waals surface area contributed by atoms with Gasteiger partial charge in [-0.25, -0.2) is 0 Å². The molecule has 0 spiro atoms. The molecule has 0 atom stereocenters. The zero-order chi connectivity index (χ0) is 18.5. The molecule has 2 aromatic carbocycles. The number of para-hydroxylation sites is 1. The molecule has 0 unspecified atom stereocenters. The summed E-state index contributed by atoms with van der Waals surface area (Å²) in [7, 11) is 0. The molecule has 1 aliphatic heterocycles. The zero-order valence-electron chi connectivity index (χ0n) is 14.3. The van der Waals surface area contributed by atoms with Crippen LogP contribution in [0.4, 0.5) is 11.4 Å². The van der Waals surface area contributed by atoms with Gasteiger partial charge in [-0.1, -0.05) is 23.7 Å². The number of anilines is 2. The molecule has 2 amide bonds. The highest BCUT2D eigenvalue weighted by molar-refractivity contribution is 6.33. The topological polar surface area (TPSA) is 67.9 Å². The Bertz CT molecular complexity index is 825. The van der Waals surface area contributed by atoms with E-state index >= 15 is 0 Å². The van der Waals surface area contributed by atoms with Crippen LogP contribution in [0.3, 0.4) is 0 Å². The third-order valence-corrected chi connectivity index (χ3v) is 4.26. The van der Waals surface area contributed by atoms with E-state index in [-0.39, 0.29) is 24.8 Å². The van der Waals surface area contributed by atoms with Crippen molar-refractivity contribution >= 4 is 34.8 Å². The number of amides is 2. The Labute approximate surface area is 156 Å². The number of rotatable bonds is 5. The predicted molar refractivity (Wildman–Crippen MR) is 100 cm³/mol. The van der Waals surface area contributed by atoms with Crippen LogP contribution in [0.25, 0.3) is 0 Å². The highest BCUT2D eigenvalue weighted by atomic mass is 35.5. The third kappa shape index (κ3) is 4.26. The van der Waals surface area contributed by atoms with Crippen molar-refractivity contribution in [2.45, 2.75) is 13.3 Å². The molecular formula is C19H19ClN2O4. The molecular weight excluding hydrogens is 356 g/mol. The lowest BCUT2D eigenvalue weighted by atomic mass is 10.2. The molecule has 1 heterocycles. The van der Waals surface area contributed by atoms with Crippen molar-refractivity contribution in [3.63, 3.8) is 0 Å². The standard InChI is InChI=1S/C19H19ClN2O4/c1-13(23)22(14-6-7-17-18(12-14)26-11-10-25-17)9-8-19(24)21-16-5-3-2-4-15(16)20/h2-7,12H,8-11H2,1H3,(H,21,24). The number of hydrogen-bond acceptors (Lipinski definition) is 4. The summed E-state index contributed by atoms with van der Waals surface area (Å²) < 4.78 is 11.0. The SMILES string of the molecule is CC(=O)N(CCC(=O)Nc1ccccc1Cl)c1ccc2c(c1)OCCO2. The van der Waals surface area contributed by atoms with Gasteiger partial charge in [0.1, 0.15) is 13.2 Å². The number of carbonyl (C=O) groups excluding carboxylic acids is 2. The second kappa shape index (κ2) is 8.10. The van der Waals surface area contributed by atoms with E-state index in [1.165, 1.54) is 11.8 Å². The molecule has 0 radical (unpaired) electrons. The van der Waals surface area contributed by atoms with Gasteiger partial charge in [-0.05, 0) is 24.3 Å². The fourth-order valence-electron chi connectivity index (χ4n) is 2.66. The van der Waals surface area contributed by atoms with Crippen molar-refractivity contribution in [3.05, 3.63) is 47.5 Å². The lowest BCUT2D eigenvalue weighted by molar-refractivity contribution is -0.117. The first kappa shape index (κ1) is 18.1. The van der Waals surface area contributed by atoms with Crippen molar-refractivity contribution in [3.8, 4) is 11.5 Å². The summed E-state index contributed by atoms with van der Waals surface area (Å²) in [5.41, 5.74) is 1.21. The van der Waals surface area contributed by atoms with Gasteiger partial charge in [0.2, 0.25) is 11.8 Å². The molecule has 1 N–H and O–H groups in total. The van der Waals surface area contributed by atoms with Gasteiger partial charge in [0.15, 0.2) is 11.5 Å². The summed E-state index contributed by atoms with van der Waals surface area (Å²) in [6, 6.07) is 12.3. The van der Waals surface area contributed by atoms with Gasteiger partial charge in [-0.2, -0.15) is 0 Å². The van der Waals surface area contributed by atoms with Crippen LogP contribution in [0.5, 0.6) is 11.5 Å². The maximum absolute atomic E-state index is 12.2. The van der Waals surface area contributed by atoms with E-state index < -0.39 is 0 Å². The Morgan fingerprint density at radius 2 is 1.85 bits per heavy atom. The first-order valence-corrected chi connectivity index (χ1v) is 8.64. The molecule has 7 heteroatoms. The average molecular weight is 375 g/mol. The number of carbonyl (C=O) groups is 2. The number of nitrogens with zero attached hydrogens (tertiary/aromatic N) is 1. The summed E-state index contributed by atoms with van der Waals surface area (Å²) in [5.74, 6) is 0.870. The number of fused-ring (bicyclic) bond motifs is 1. The van der Waals surface area contributed by atoms with Crippen LogP contribution in [0.2, 0.25) is 5.02 Å². The molecule has 0 saturated carbocycles. The number of ether oxygens (including phenoxy) is 2. The van der Waals surface area contributed by atoms with Crippen LogP contribution in [0.1, 0.15) is 13.3 Å². The molecule has 0 aromatic heterocycles. The summed E-state index contributed by atoms with van der Waals surface area (Å²) in [6.45, 7) is 2.68. The van der Waals surface area contributed by atoms with Crippen molar-refractivity contribution in [1.29, 1.82) is 0 Å². The van der Waals surface area contributed by atoms with E-state index in [2.05, 4.69) is 5.32 Å². The lowest BCUT2D eigenvalue weighted by Gasteiger charge is -2.24. The van der Waals surface area contributed by atoms with Gasteiger partial charge in [0.05, 0.1) is 10.7 Å². The molecule has 0 fully saturated rings. The average Bonchev–Trinajstić information content (AvgIpc) is 2.63. The quantitative estimate of drug-likeness (QED) is 0.869. The summed E-state index contributed by atoms with van der Waals surface area (Å²) in [5, 5.41) is 3.22. The van der Waals surface area contributed by atoms with Crippen LogP contribution in [-0.4, -0.2) is 31.6 Å². The van der Waals surface area contributed by atoms with E-state index in [0.717, 1.165) is 0 Å². The van der Waals surface area contributed by atoms with Gasteiger partial charge in [0, 0.05) is 31.6 Å². The number of halogens is 1. The van der Waals surface area contributed by atoms with E-state index in [1.54, 1.807) is 42.5 Å². The first-order chi connectivity index (χ1) is 12.5. The second-order valence-corrected chi connectivity index (χ2v) is 6.18. The molecule has 26 heavy (non-hydrogen) atoms. The third-order valence-electron chi connectivity index (χ3n) is 3.93. The van der Waals surface area contributed by atoms with Crippen LogP contribution >= 0.6 is 11.6 Å². The summed E-state index contributed by atoms with van der Waals surface area (Å²) in [4.78, 5) is 25.8. The van der Waals surface area contributed by atoms with E-state index in [0.29, 0.717) is 41.1 Å². The molecule has 136 valence electrons. The van der Waals surface area contributed by atoms with E-state index in [1.807, 2.05) is 0 Å². The molecule has 2 aromatic rings. The monoisotopic (exact) mass is 374 g/mol. The Morgan fingerprint density at radius 3 is 2.58 bits per heavy atom. The first-order valence-electron chi connectivity index (χ1n) is 8.27. The van der Waals surface area contributed by atoms with Gasteiger partial charge in [0.25, 0.3) is 0 Å². The van der Waals surface area contributed by atoms with Gasteiger partial charge < -0.3 is 19.7 Å². The van der Waals surface area contributed by atoms with E-state index in [4.69, 9.17) is 21.1 Å². The number of benzene rings is 2. The number of hydrogen-bond donors (Lipinski definition) is 1. The second-order valence-electron chi connectivity index (χ2n) is 5.78. The molecule has 1 aliphatic rings. The Kier molecular flexibility index (Phi) is 5.63. The summed E-state index contributed by atoms with van der Waals surface area (Å²) >= 11 is 6.04. The van der Waals surface area contributed by atoms with Gasteiger partial charge >= 0.3 is 0 Å². The zero-order valence-corrected chi connectivity index (χ0v) is 15.1. The minimum Gasteiger partial charge on any atom is -0.486 e. The highest BCUT2D eigenvalue weighted by Crippen LogP contribution is 2.34. The van der Waals surface area contributed by atoms with Gasteiger partial charge in [-0.3, -0.25) is 9.59 Å². The molecule has 0 aliphatic carbocycles. The Morgan fingerprint density at radius 1 is 1.12 bits per heavy atom. The minimum absolute atomic E-state index is 0.138. The minimum atomic E-state index is -0.220. The van der Waals surface area contributed by atoms with Crippen LogP contribution < -0.4 is 19.7 Å². The summed E-state index contributed by atoms with van der Waals surface area (Å²) in [6.07, 6.45) is 0.138. The van der Waals surface area contributed by atoms with Crippen molar-refractivity contribution in [2.24, 2.45) is 0 Å². The smallest absolute Gasteiger partial charge is 0.226 e. The lowest BCUT2D eigenvalue weighted by Crippen LogP contribution is -2.32. The fourth-order valence-corrected chi connectivity index (χ4v) is 2.84. The van der Waals surface area contributed by atoms with Crippen LogP contribution in [0, 0.1) is 0 Å². The van der Waals surface area contributed by atoms with Crippen molar-refractivity contribution in [1.82, 2.24) is 0 Å². The maximum Gasteiger partial charge on any atom is 0.226 e. The van der Waals surface area contributed by atoms with Gasteiger partial charge in [-0.15, -0.1) is 0 Å². The predicted octanol–water partition coefficient (Wildman–Crippen LogP) is 3.49. The van der Waals surface area contributed by atoms with E-state index in [9.17, 15) is 9.59 Å². The highest BCUT2D eigenvalue weighted by Gasteiger charge is 2.18. The van der Waals surface area contributed by atoms with Crippen LogP contribution in [-0.2, 0) is 9.59 Å². The Balaban J connectivity index is 1.66. The fraction of sp³-hybridized carbons (Fsp3) is 0.263. The molecule has 3 rings (SSSR count). The van der Waals surface area contributed by atoms with Crippen molar-refractivity contribution < 1.29 is 19.1 Å². The normalized spacial score (nSPS) is 12.4. The largest absolute Gasteiger partial charge is 0.486 e. The molecule has 6 nitrogen and oxygen atoms in total. The van der Waals surface area contributed by atoms with Crippen molar-refractivity contribution in [2.75, 3.05) is 30.0 Å². The number of nitrogens with one attached hydrogen (secondary N) is 1. The maximum atomic E-state index is 12.2. The Hall–Kier alpha value is -2.73. The molecule has 0 bridgehead atoms. The van der Waals surface area contributed by atoms with Crippen LogP contribution in [0.15, 0.2) is 42.5 Å².